The Balaban J connectivity index is 1.84. The van der Waals surface area contributed by atoms with Gasteiger partial charge >= 0.3 is 5.97 Å². The van der Waals surface area contributed by atoms with Crippen molar-refractivity contribution >= 4 is 16.0 Å². The zero-order valence-corrected chi connectivity index (χ0v) is 12.1. The van der Waals surface area contributed by atoms with Gasteiger partial charge in [-0.25, -0.2) is 12.7 Å². The van der Waals surface area contributed by atoms with E-state index in [9.17, 15) is 13.2 Å². The Morgan fingerprint density at radius 1 is 1.21 bits per heavy atom. The first-order valence-electron chi connectivity index (χ1n) is 6.80. The molecule has 0 aromatic heterocycles. The van der Waals surface area contributed by atoms with Crippen LogP contribution in [0.25, 0.3) is 0 Å². The first-order valence-corrected chi connectivity index (χ1v) is 8.64. The summed E-state index contributed by atoms with van der Waals surface area (Å²) in [5, 5.41) is 9.13. The van der Waals surface area contributed by atoms with Gasteiger partial charge in [0.2, 0.25) is 10.0 Å². The minimum atomic E-state index is -3.08. The lowest BCUT2D eigenvalue weighted by molar-refractivity contribution is -0.142. The number of rotatable bonds is 4. The lowest BCUT2D eigenvalue weighted by Crippen LogP contribution is -2.43. The van der Waals surface area contributed by atoms with Crippen molar-refractivity contribution < 1.29 is 18.3 Å². The number of likely N-dealkylation sites (tertiary alicyclic amines) is 1. The van der Waals surface area contributed by atoms with Gasteiger partial charge in [-0.05, 0) is 38.1 Å². The number of hydrogen-bond acceptors (Lipinski definition) is 4. The maximum absolute atomic E-state index is 11.4. The molecule has 0 unspecified atom stereocenters. The van der Waals surface area contributed by atoms with Crippen LogP contribution in [0.1, 0.15) is 25.7 Å². The molecule has 1 N–H and O–H groups in total. The Morgan fingerprint density at radius 3 is 2.37 bits per heavy atom. The van der Waals surface area contributed by atoms with Crippen LogP contribution in [0, 0.1) is 5.92 Å². The molecule has 110 valence electrons. The van der Waals surface area contributed by atoms with Crippen LogP contribution in [0.2, 0.25) is 0 Å². The van der Waals surface area contributed by atoms with E-state index in [0.29, 0.717) is 19.0 Å². The fraction of sp³-hybridized carbons (Fsp3) is 0.917. The highest BCUT2D eigenvalue weighted by atomic mass is 32.2. The Hall–Kier alpha value is -0.660. The Morgan fingerprint density at radius 2 is 1.84 bits per heavy atom. The zero-order valence-electron chi connectivity index (χ0n) is 11.3. The lowest BCUT2D eigenvalue weighted by Gasteiger charge is -2.33. The summed E-state index contributed by atoms with van der Waals surface area (Å²) in [5.41, 5.74) is 0. The number of piperidine rings is 1. The van der Waals surface area contributed by atoms with Gasteiger partial charge in [-0.15, -0.1) is 0 Å². The molecule has 0 amide bonds. The second kappa shape index (κ2) is 5.76. The van der Waals surface area contributed by atoms with Crippen LogP contribution in [-0.4, -0.2) is 67.2 Å². The van der Waals surface area contributed by atoms with Crippen LogP contribution in [-0.2, 0) is 14.8 Å². The second-order valence-electron chi connectivity index (χ2n) is 5.60. The molecule has 2 heterocycles. The Kier molecular flexibility index (Phi) is 4.47. The second-order valence-corrected chi connectivity index (χ2v) is 7.58. The summed E-state index contributed by atoms with van der Waals surface area (Å²) in [6, 6.07) is -0.340. The summed E-state index contributed by atoms with van der Waals surface area (Å²) in [6.07, 6.45) is 4.58. The lowest BCUT2D eigenvalue weighted by atomic mass is 9.97. The van der Waals surface area contributed by atoms with Crippen LogP contribution in [0.5, 0.6) is 0 Å². The summed E-state index contributed by atoms with van der Waals surface area (Å²) in [5.74, 6) is -0.316. The molecule has 0 aromatic rings. The SMILES string of the molecule is CS(=O)(=O)N1CCC(CN2CCC[C@H]2C(=O)O)CC1. The molecular weight excluding hydrogens is 268 g/mol. The molecule has 2 aliphatic heterocycles. The Labute approximate surface area is 114 Å². The molecule has 0 saturated carbocycles. The molecule has 2 saturated heterocycles. The highest BCUT2D eigenvalue weighted by Gasteiger charge is 2.33. The van der Waals surface area contributed by atoms with Crippen molar-refractivity contribution in [2.75, 3.05) is 32.4 Å². The van der Waals surface area contributed by atoms with Crippen molar-refractivity contribution in [3.8, 4) is 0 Å². The van der Waals surface area contributed by atoms with Crippen molar-refractivity contribution in [2.24, 2.45) is 5.92 Å². The van der Waals surface area contributed by atoms with Crippen LogP contribution in [0.15, 0.2) is 0 Å². The van der Waals surface area contributed by atoms with Gasteiger partial charge in [0.1, 0.15) is 6.04 Å². The molecule has 0 aliphatic carbocycles. The molecule has 6 nitrogen and oxygen atoms in total. The Bertz CT molecular complexity index is 429. The van der Waals surface area contributed by atoms with Gasteiger partial charge in [0.05, 0.1) is 6.26 Å². The molecule has 0 radical (unpaired) electrons. The summed E-state index contributed by atoms with van der Waals surface area (Å²) >= 11 is 0. The van der Waals surface area contributed by atoms with Gasteiger partial charge in [-0.1, -0.05) is 0 Å². The predicted octanol–water partition coefficient (Wildman–Crippen LogP) is 0.207. The van der Waals surface area contributed by atoms with Crippen molar-refractivity contribution in [3.05, 3.63) is 0 Å². The van der Waals surface area contributed by atoms with Gasteiger partial charge in [0.15, 0.2) is 0 Å². The van der Waals surface area contributed by atoms with Crippen molar-refractivity contribution in [1.82, 2.24) is 9.21 Å². The minimum absolute atomic E-state index is 0.340. The number of nitrogens with zero attached hydrogens (tertiary/aromatic N) is 2. The summed E-state index contributed by atoms with van der Waals surface area (Å²) < 4.78 is 24.3. The maximum atomic E-state index is 11.4. The van der Waals surface area contributed by atoms with E-state index in [4.69, 9.17) is 5.11 Å². The van der Waals surface area contributed by atoms with Crippen molar-refractivity contribution in [1.29, 1.82) is 0 Å². The number of aliphatic carboxylic acids is 1. The van der Waals surface area contributed by atoms with E-state index < -0.39 is 16.0 Å². The summed E-state index contributed by atoms with van der Waals surface area (Å²) in [7, 11) is -3.08. The van der Waals surface area contributed by atoms with Crippen LogP contribution in [0.3, 0.4) is 0 Å². The molecule has 2 rings (SSSR count). The number of carbonyl (C=O) groups is 1. The van der Waals surface area contributed by atoms with E-state index in [0.717, 1.165) is 38.8 Å². The van der Waals surface area contributed by atoms with E-state index >= 15 is 0 Å². The first-order chi connectivity index (χ1) is 8.88. The standard InChI is InChI=1S/C12H22N2O4S/c1-19(17,18)14-7-4-10(5-8-14)9-13-6-2-3-11(13)12(15)16/h10-11H,2-9H2,1H3,(H,15,16)/t11-/m0/s1. The average Bonchev–Trinajstić information content (AvgIpc) is 2.77. The van der Waals surface area contributed by atoms with E-state index in [-0.39, 0.29) is 6.04 Å². The fourth-order valence-electron chi connectivity index (χ4n) is 3.08. The number of carboxylic acid groups (broad SMARTS) is 1. The summed E-state index contributed by atoms with van der Waals surface area (Å²) in [4.78, 5) is 13.2. The highest BCUT2D eigenvalue weighted by molar-refractivity contribution is 7.88. The third kappa shape index (κ3) is 3.67. The smallest absolute Gasteiger partial charge is 0.320 e. The zero-order chi connectivity index (χ0) is 14.0. The number of carboxylic acids is 1. The molecular formula is C12H22N2O4S. The molecule has 19 heavy (non-hydrogen) atoms. The first kappa shape index (κ1) is 14.7. The van der Waals surface area contributed by atoms with E-state index in [1.807, 2.05) is 4.90 Å². The van der Waals surface area contributed by atoms with Crippen molar-refractivity contribution in [2.45, 2.75) is 31.7 Å². The number of hydrogen-bond donors (Lipinski definition) is 1. The van der Waals surface area contributed by atoms with Gasteiger partial charge in [-0.3, -0.25) is 9.69 Å². The maximum Gasteiger partial charge on any atom is 0.320 e. The highest BCUT2D eigenvalue weighted by Crippen LogP contribution is 2.24. The van der Waals surface area contributed by atoms with Gasteiger partial charge in [0, 0.05) is 19.6 Å². The topological polar surface area (TPSA) is 77.9 Å². The van der Waals surface area contributed by atoms with Gasteiger partial charge in [0.25, 0.3) is 0 Å². The fourth-order valence-corrected chi connectivity index (χ4v) is 3.95. The van der Waals surface area contributed by atoms with Gasteiger partial charge < -0.3 is 5.11 Å². The third-order valence-electron chi connectivity index (χ3n) is 4.18. The van der Waals surface area contributed by atoms with Crippen LogP contribution < -0.4 is 0 Å². The quantitative estimate of drug-likeness (QED) is 0.800. The normalized spacial score (nSPS) is 27.7. The molecule has 7 heteroatoms. The summed E-state index contributed by atoms with van der Waals surface area (Å²) in [6.45, 7) is 2.77. The number of sulfonamides is 1. The van der Waals surface area contributed by atoms with Crippen LogP contribution >= 0.6 is 0 Å². The van der Waals surface area contributed by atoms with Crippen molar-refractivity contribution in [3.63, 3.8) is 0 Å². The van der Waals surface area contributed by atoms with E-state index in [1.54, 1.807) is 0 Å². The molecule has 0 bridgehead atoms. The van der Waals surface area contributed by atoms with E-state index in [1.165, 1.54) is 10.6 Å². The largest absolute Gasteiger partial charge is 0.480 e. The monoisotopic (exact) mass is 290 g/mol. The molecule has 0 spiro atoms. The minimum Gasteiger partial charge on any atom is -0.480 e. The average molecular weight is 290 g/mol. The van der Waals surface area contributed by atoms with E-state index in [2.05, 4.69) is 0 Å². The molecule has 1 atom stereocenters. The van der Waals surface area contributed by atoms with Crippen LogP contribution in [0.4, 0.5) is 0 Å². The molecule has 2 fully saturated rings. The third-order valence-corrected chi connectivity index (χ3v) is 5.49. The van der Waals surface area contributed by atoms with Gasteiger partial charge in [-0.2, -0.15) is 0 Å². The molecule has 2 aliphatic rings. The predicted molar refractivity (Wildman–Crippen MR) is 71.4 cm³/mol. The molecule has 0 aromatic carbocycles.